The number of ether oxygens (including phenoxy) is 1. The van der Waals surface area contributed by atoms with Gasteiger partial charge in [0.25, 0.3) is 0 Å². The second-order valence-corrected chi connectivity index (χ2v) is 7.79. The average Bonchev–Trinajstić information content (AvgIpc) is 3.32. The molecule has 27 heavy (non-hydrogen) atoms. The van der Waals surface area contributed by atoms with E-state index in [0.29, 0.717) is 11.7 Å². The van der Waals surface area contributed by atoms with E-state index < -0.39 is 5.97 Å². The van der Waals surface area contributed by atoms with Gasteiger partial charge in [-0.1, -0.05) is 19.9 Å². The molecule has 4 atom stereocenters. The Kier molecular flexibility index (Phi) is 5.76. The first-order valence-corrected chi connectivity index (χ1v) is 9.63. The van der Waals surface area contributed by atoms with Crippen LogP contribution in [0, 0.1) is 5.92 Å². The number of carbonyl (C=O) groups excluding carboxylic acids is 1. The van der Waals surface area contributed by atoms with Crippen molar-refractivity contribution in [2.24, 2.45) is 11.7 Å². The standard InChI is InChI=1S/C19H28BN3O4/c1-3-12(6-10(2)18(21)24)23-8-13(9-23)27-15-5-4-11(16-17(20)22-16)7-14(15)19(25)26/h4-5,7,10,12-13,16-17,22H,3,6,8-9,20H2,1-2H3,(H2,21,24)(H,25,26). The van der Waals surface area contributed by atoms with Gasteiger partial charge in [-0.3, -0.25) is 9.69 Å². The lowest BCUT2D eigenvalue weighted by Gasteiger charge is -2.44. The zero-order chi connectivity index (χ0) is 19.7. The van der Waals surface area contributed by atoms with Gasteiger partial charge < -0.3 is 20.9 Å². The van der Waals surface area contributed by atoms with E-state index in [9.17, 15) is 14.7 Å². The van der Waals surface area contributed by atoms with Gasteiger partial charge in [0.2, 0.25) is 5.91 Å². The summed E-state index contributed by atoms with van der Waals surface area (Å²) in [5.41, 5.74) is 6.57. The normalized spacial score (nSPS) is 24.7. The molecule has 0 bridgehead atoms. The summed E-state index contributed by atoms with van der Waals surface area (Å²) in [5, 5.41) is 12.8. The molecule has 0 aromatic heterocycles. The lowest BCUT2D eigenvalue weighted by atomic mass is 9.95. The molecule has 4 unspecified atom stereocenters. The monoisotopic (exact) mass is 373 g/mol. The summed E-state index contributed by atoms with van der Waals surface area (Å²) in [6.07, 6.45) is 1.64. The molecular weight excluding hydrogens is 345 g/mol. The zero-order valence-electron chi connectivity index (χ0n) is 16.1. The van der Waals surface area contributed by atoms with Crippen LogP contribution < -0.4 is 15.8 Å². The summed E-state index contributed by atoms with van der Waals surface area (Å²) < 4.78 is 5.97. The Bertz CT molecular complexity index is 723. The Balaban J connectivity index is 1.59. The van der Waals surface area contributed by atoms with Gasteiger partial charge in [0.05, 0.1) is 0 Å². The van der Waals surface area contributed by atoms with Crippen molar-refractivity contribution in [1.82, 2.24) is 10.2 Å². The number of nitrogens with one attached hydrogen (secondary N) is 1. The number of aromatic carboxylic acids is 1. The Labute approximate surface area is 160 Å². The van der Waals surface area contributed by atoms with Gasteiger partial charge in [0, 0.05) is 31.1 Å². The minimum atomic E-state index is -0.974. The third-order valence-corrected chi connectivity index (χ3v) is 5.70. The number of benzene rings is 1. The van der Waals surface area contributed by atoms with Gasteiger partial charge in [-0.25, -0.2) is 4.79 Å². The maximum absolute atomic E-state index is 11.6. The number of amides is 1. The maximum Gasteiger partial charge on any atom is 0.339 e. The number of carbonyl (C=O) groups is 2. The fourth-order valence-corrected chi connectivity index (χ4v) is 3.74. The van der Waals surface area contributed by atoms with Crippen LogP contribution >= 0.6 is 0 Å². The molecule has 2 heterocycles. The highest BCUT2D eigenvalue weighted by molar-refractivity contribution is 6.14. The van der Waals surface area contributed by atoms with Crippen molar-refractivity contribution in [3.8, 4) is 5.75 Å². The number of hydrogen-bond donors (Lipinski definition) is 3. The molecule has 1 amide bonds. The van der Waals surface area contributed by atoms with Crippen LogP contribution in [0.5, 0.6) is 5.75 Å². The molecule has 2 aliphatic heterocycles. The molecule has 2 aliphatic rings. The Morgan fingerprint density at radius 1 is 1.44 bits per heavy atom. The van der Waals surface area contributed by atoms with Crippen LogP contribution in [0.3, 0.4) is 0 Å². The van der Waals surface area contributed by atoms with Crippen LogP contribution in [0.1, 0.15) is 48.7 Å². The fraction of sp³-hybridized carbons (Fsp3) is 0.579. The highest BCUT2D eigenvalue weighted by Crippen LogP contribution is 2.32. The second kappa shape index (κ2) is 7.90. The van der Waals surface area contributed by atoms with Crippen molar-refractivity contribution in [3.05, 3.63) is 29.3 Å². The predicted molar refractivity (Wildman–Crippen MR) is 105 cm³/mol. The maximum atomic E-state index is 11.6. The van der Waals surface area contributed by atoms with Gasteiger partial charge in [0.1, 0.15) is 25.3 Å². The highest BCUT2D eigenvalue weighted by atomic mass is 16.5. The molecule has 0 saturated carbocycles. The van der Waals surface area contributed by atoms with Crippen molar-refractivity contribution < 1.29 is 19.4 Å². The van der Waals surface area contributed by atoms with E-state index in [0.717, 1.165) is 31.5 Å². The first-order valence-electron chi connectivity index (χ1n) is 9.63. The van der Waals surface area contributed by atoms with E-state index in [2.05, 4.69) is 25.0 Å². The number of carboxylic acids is 1. The summed E-state index contributed by atoms with van der Waals surface area (Å²) >= 11 is 0. The van der Waals surface area contributed by atoms with Gasteiger partial charge in [-0.15, -0.1) is 0 Å². The van der Waals surface area contributed by atoms with Crippen LogP contribution in [0.4, 0.5) is 0 Å². The lowest BCUT2D eigenvalue weighted by molar-refractivity contribution is -0.122. The Morgan fingerprint density at radius 3 is 2.63 bits per heavy atom. The SMILES string of the molecule is BC1NC1c1ccc(OC2CN(C(CC)CC(C)C(N)=O)C2)c(C(=O)O)c1. The third-order valence-electron chi connectivity index (χ3n) is 5.70. The van der Waals surface area contributed by atoms with Crippen LogP contribution in [0.25, 0.3) is 0 Å². The molecule has 4 N–H and O–H groups in total. The van der Waals surface area contributed by atoms with E-state index in [-0.39, 0.29) is 35.6 Å². The van der Waals surface area contributed by atoms with Gasteiger partial charge in [-0.2, -0.15) is 0 Å². The van der Waals surface area contributed by atoms with Crippen molar-refractivity contribution in [3.63, 3.8) is 0 Å². The summed E-state index contributed by atoms with van der Waals surface area (Å²) in [4.78, 5) is 25.2. The molecule has 0 radical (unpaired) electrons. The molecule has 8 heteroatoms. The van der Waals surface area contributed by atoms with E-state index in [1.54, 1.807) is 12.1 Å². The molecular formula is C19H28BN3O4. The second-order valence-electron chi connectivity index (χ2n) is 7.79. The molecule has 2 fully saturated rings. The number of rotatable bonds is 9. The predicted octanol–water partition coefficient (Wildman–Crippen LogP) is 0.341. The van der Waals surface area contributed by atoms with E-state index >= 15 is 0 Å². The minimum absolute atomic E-state index is 0.0372. The molecule has 2 saturated heterocycles. The highest BCUT2D eigenvalue weighted by Gasteiger charge is 2.36. The molecule has 1 aromatic rings. The van der Waals surface area contributed by atoms with Crippen LogP contribution in [-0.4, -0.2) is 60.9 Å². The van der Waals surface area contributed by atoms with Crippen LogP contribution in [0.15, 0.2) is 18.2 Å². The van der Waals surface area contributed by atoms with Gasteiger partial charge >= 0.3 is 5.97 Å². The quantitative estimate of drug-likeness (QED) is 0.425. The minimum Gasteiger partial charge on any atom is -0.487 e. The number of nitrogens with zero attached hydrogens (tertiary/aromatic N) is 1. The largest absolute Gasteiger partial charge is 0.487 e. The summed E-state index contributed by atoms with van der Waals surface area (Å²) in [7, 11) is 2.07. The molecule has 1 aromatic carbocycles. The molecule has 0 spiro atoms. The first-order chi connectivity index (χ1) is 12.8. The van der Waals surface area contributed by atoms with Crippen LogP contribution in [0.2, 0.25) is 0 Å². The van der Waals surface area contributed by atoms with Crippen molar-refractivity contribution in [1.29, 1.82) is 0 Å². The number of hydrogen-bond acceptors (Lipinski definition) is 5. The Morgan fingerprint density at radius 2 is 2.11 bits per heavy atom. The van der Waals surface area contributed by atoms with Gasteiger partial charge in [0.15, 0.2) is 0 Å². The Hall–Kier alpha value is -2.06. The average molecular weight is 373 g/mol. The van der Waals surface area contributed by atoms with E-state index in [1.165, 1.54) is 0 Å². The van der Waals surface area contributed by atoms with E-state index in [1.807, 2.05) is 13.0 Å². The van der Waals surface area contributed by atoms with Gasteiger partial charge in [-0.05, 0) is 36.5 Å². The number of nitrogens with two attached hydrogens (primary N) is 1. The third kappa shape index (κ3) is 4.44. The van der Waals surface area contributed by atoms with E-state index in [4.69, 9.17) is 10.5 Å². The smallest absolute Gasteiger partial charge is 0.339 e. The number of likely N-dealkylation sites (tertiary alicyclic amines) is 1. The summed E-state index contributed by atoms with van der Waals surface area (Å²) in [5.74, 6) is -0.597. The van der Waals surface area contributed by atoms with Crippen LogP contribution in [-0.2, 0) is 4.79 Å². The number of primary amides is 1. The van der Waals surface area contributed by atoms with Crippen molar-refractivity contribution in [2.75, 3.05) is 13.1 Å². The molecule has 7 nitrogen and oxygen atoms in total. The zero-order valence-corrected chi connectivity index (χ0v) is 16.1. The topological polar surface area (TPSA) is 115 Å². The summed E-state index contributed by atoms with van der Waals surface area (Å²) in [6, 6.07) is 5.92. The lowest BCUT2D eigenvalue weighted by Crippen LogP contribution is -2.58. The molecule has 0 aliphatic carbocycles. The molecule has 146 valence electrons. The van der Waals surface area contributed by atoms with Crippen molar-refractivity contribution in [2.45, 2.75) is 50.8 Å². The molecule has 3 rings (SSSR count). The summed E-state index contributed by atoms with van der Waals surface area (Å²) in [6.45, 7) is 5.41. The van der Waals surface area contributed by atoms with Crippen molar-refractivity contribution >= 4 is 19.7 Å². The fourth-order valence-electron chi connectivity index (χ4n) is 3.74. The first kappa shape index (κ1) is 19.7. The number of carboxylic acid groups (broad SMARTS) is 1.